The van der Waals surface area contributed by atoms with E-state index in [-0.39, 0.29) is 0 Å². The topological polar surface area (TPSA) is 63.6 Å². The number of hydrogen-bond donors (Lipinski definition) is 1. The summed E-state index contributed by atoms with van der Waals surface area (Å²) in [5, 5.41) is 12.5. The lowest BCUT2D eigenvalue weighted by Gasteiger charge is -2.09. The van der Waals surface area contributed by atoms with Gasteiger partial charge in [-0.05, 0) is 31.4 Å². The molecule has 0 aliphatic heterocycles. The summed E-state index contributed by atoms with van der Waals surface area (Å²) in [4.78, 5) is 8.59. The monoisotopic (exact) mass is 313 g/mol. The third kappa shape index (κ3) is 3.80. The first kappa shape index (κ1) is 14.5. The van der Waals surface area contributed by atoms with Crippen molar-refractivity contribution in [2.75, 3.05) is 18.1 Å². The molecule has 0 fully saturated rings. The molecule has 2 heterocycles. The summed E-state index contributed by atoms with van der Waals surface area (Å²) in [5.74, 6) is 0.897. The molecule has 2 aromatic rings. The highest BCUT2D eigenvalue weighted by Gasteiger charge is 2.11. The van der Waals surface area contributed by atoms with Crippen LogP contribution in [0.5, 0.6) is 0 Å². The van der Waals surface area contributed by atoms with Crippen LogP contribution in [0.15, 0.2) is 20.0 Å². The molecule has 0 aliphatic rings. The van der Waals surface area contributed by atoms with Crippen LogP contribution in [0.1, 0.15) is 18.9 Å². The van der Waals surface area contributed by atoms with E-state index in [1.807, 2.05) is 13.2 Å². The van der Waals surface area contributed by atoms with Gasteiger partial charge in [-0.1, -0.05) is 30.0 Å². The van der Waals surface area contributed by atoms with Crippen LogP contribution in [0.2, 0.25) is 0 Å². The maximum atomic E-state index is 4.32. The Kier molecular flexibility index (Phi) is 5.41. The molecule has 0 atom stereocenters. The van der Waals surface area contributed by atoms with Gasteiger partial charge in [0.1, 0.15) is 17.2 Å². The Morgan fingerprint density at radius 1 is 1.26 bits per heavy atom. The van der Waals surface area contributed by atoms with Gasteiger partial charge in [0.2, 0.25) is 0 Å². The van der Waals surface area contributed by atoms with Gasteiger partial charge in [0.05, 0.1) is 0 Å². The highest BCUT2D eigenvalue weighted by atomic mass is 32.2. The largest absolute Gasteiger partial charge is 0.370 e. The van der Waals surface area contributed by atoms with Crippen molar-refractivity contribution < 1.29 is 0 Å². The Balaban J connectivity index is 2.15. The lowest BCUT2D eigenvalue weighted by molar-refractivity contribution is 0.932. The quantitative estimate of drug-likeness (QED) is 0.648. The summed E-state index contributed by atoms with van der Waals surface area (Å²) in [5.41, 5.74) is 1.06. The zero-order valence-corrected chi connectivity index (χ0v) is 13.5. The van der Waals surface area contributed by atoms with Crippen LogP contribution in [0.4, 0.5) is 5.82 Å². The molecule has 0 aliphatic carbocycles. The lowest BCUT2D eigenvalue weighted by atomic mass is 10.3. The molecule has 0 radical (unpaired) electrons. The predicted octanol–water partition coefficient (Wildman–Crippen LogP) is 3.33. The Morgan fingerprint density at radius 3 is 2.74 bits per heavy atom. The molecular formula is C11H15N5S3. The van der Waals surface area contributed by atoms with E-state index in [1.54, 1.807) is 29.4 Å². The lowest BCUT2D eigenvalue weighted by Crippen LogP contribution is -2.05. The highest BCUT2D eigenvalue weighted by Crippen LogP contribution is 2.34. The van der Waals surface area contributed by atoms with Crippen molar-refractivity contribution in [1.82, 2.24) is 20.2 Å². The van der Waals surface area contributed by atoms with E-state index in [4.69, 9.17) is 0 Å². The first-order chi connectivity index (χ1) is 9.24. The summed E-state index contributed by atoms with van der Waals surface area (Å²) in [6.07, 6.45) is 4.65. The fraction of sp³-hybridized carbons (Fsp3) is 0.455. The van der Waals surface area contributed by atoms with Crippen LogP contribution in [0.3, 0.4) is 0 Å². The van der Waals surface area contributed by atoms with Crippen molar-refractivity contribution in [2.45, 2.75) is 34.0 Å². The standard InChI is InChI=1S/C11H15N5S3/c1-4-5-12-8-7(2)9(14-6-13-8)18-11-16-15-10(17-3)19-11/h6H,4-5H2,1-3H3,(H,12,13,14). The van der Waals surface area contributed by atoms with Crippen LogP contribution in [0, 0.1) is 6.92 Å². The van der Waals surface area contributed by atoms with Crippen molar-refractivity contribution in [2.24, 2.45) is 0 Å². The van der Waals surface area contributed by atoms with Gasteiger partial charge < -0.3 is 5.32 Å². The molecule has 2 rings (SSSR count). The van der Waals surface area contributed by atoms with E-state index in [0.29, 0.717) is 0 Å². The molecule has 0 unspecified atom stereocenters. The second-order valence-corrected chi connectivity index (χ2v) is 6.99. The molecule has 8 heteroatoms. The van der Waals surface area contributed by atoms with E-state index in [2.05, 4.69) is 32.4 Å². The molecule has 0 amide bonds. The summed E-state index contributed by atoms with van der Waals surface area (Å²) in [7, 11) is 0. The van der Waals surface area contributed by atoms with Crippen LogP contribution in [-0.4, -0.2) is 33.0 Å². The molecule has 5 nitrogen and oxygen atoms in total. The minimum absolute atomic E-state index is 0.897. The molecule has 0 aromatic carbocycles. The third-order valence-corrected chi connectivity index (χ3v) is 5.38. The van der Waals surface area contributed by atoms with Gasteiger partial charge in [0, 0.05) is 12.1 Å². The summed E-state index contributed by atoms with van der Waals surface area (Å²) >= 11 is 4.73. The van der Waals surface area contributed by atoms with Crippen LogP contribution >= 0.6 is 34.9 Å². The second-order valence-electron chi connectivity index (χ2n) is 3.72. The predicted molar refractivity (Wildman–Crippen MR) is 81.4 cm³/mol. The maximum Gasteiger partial charge on any atom is 0.181 e. The zero-order valence-electron chi connectivity index (χ0n) is 11.0. The molecule has 0 saturated heterocycles. The highest BCUT2D eigenvalue weighted by molar-refractivity contribution is 8.03. The van der Waals surface area contributed by atoms with Gasteiger partial charge in [-0.3, -0.25) is 0 Å². The fourth-order valence-corrected chi connectivity index (χ4v) is 3.76. The first-order valence-electron chi connectivity index (χ1n) is 5.85. The van der Waals surface area contributed by atoms with Gasteiger partial charge in [-0.2, -0.15) is 0 Å². The van der Waals surface area contributed by atoms with Crippen molar-refractivity contribution in [1.29, 1.82) is 0 Å². The molecule has 0 spiro atoms. The van der Waals surface area contributed by atoms with E-state index >= 15 is 0 Å². The van der Waals surface area contributed by atoms with Gasteiger partial charge in [-0.15, -0.1) is 10.2 Å². The summed E-state index contributed by atoms with van der Waals surface area (Å²) in [6, 6.07) is 0. The number of nitrogens with zero attached hydrogens (tertiary/aromatic N) is 4. The molecular weight excluding hydrogens is 298 g/mol. The van der Waals surface area contributed by atoms with Gasteiger partial charge in [-0.25, -0.2) is 9.97 Å². The molecule has 2 aromatic heterocycles. The number of rotatable bonds is 6. The number of hydrogen-bond acceptors (Lipinski definition) is 8. The SMILES string of the molecule is CCCNc1ncnc(Sc2nnc(SC)s2)c1C. The summed E-state index contributed by atoms with van der Waals surface area (Å²) < 4.78 is 1.88. The van der Waals surface area contributed by atoms with Crippen molar-refractivity contribution in [3.05, 3.63) is 11.9 Å². The van der Waals surface area contributed by atoms with E-state index < -0.39 is 0 Å². The van der Waals surface area contributed by atoms with Crippen molar-refractivity contribution in [3.8, 4) is 0 Å². The number of nitrogens with one attached hydrogen (secondary N) is 1. The van der Waals surface area contributed by atoms with E-state index in [1.165, 1.54) is 11.8 Å². The van der Waals surface area contributed by atoms with E-state index in [9.17, 15) is 0 Å². The Morgan fingerprint density at radius 2 is 2.05 bits per heavy atom. The number of anilines is 1. The van der Waals surface area contributed by atoms with Crippen molar-refractivity contribution >= 4 is 40.7 Å². The minimum Gasteiger partial charge on any atom is -0.370 e. The maximum absolute atomic E-state index is 4.32. The number of aromatic nitrogens is 4. The normalized spacial score (nSPS) is 10.7. The Bertz CT molecular complexity index is 543. The van der Waals surface area contributed by atoms with Gasteiger partial charge in [0.15, 0.2) is 8.68 Å². The molecule has 0 bridgehead atoms. The van der Waals surface area contributed by atoms with Gasteiger partial charge >= 0.3 is 0 Å². The van der Waals surface area contributed by atoms with E-state index in [0.717, 1.165) is 38.1 Å². The zero-order chi connectivity index (χ0) is 13.7. The van der Waals surface area contributed by atoms with Crippen LogP contribution in [-0.2, 0) is 0 Å². The summed E-state index contributed by atoms with van der Waals surface area (Å²) in [6.45, 7) is 5.07. The molecule has 1 N–H and O–H groups in total. The first-order valence-corrected chi connectivity index (χ1v) is 8.71. The second kappa shape index (κ2) is 7.06. The van der Waals surface area contributed by atoms with Crippen LogP contribution < -0.4 is 5.32 Å². The fourth-order valence-electron chi connectivity index (χ4n) is 1.36. The Labute approximate surface area is 125 Å². The Hall–Kier alpha value is -0.860. The van der Waals surface area contributed by atoms with Gasteiger partial charge in [0.25, 0.3) is 0 Å². The third-order valence-electron chi connectivity index (χ3n) is 2.33. The molecule has 19 heavy (non-hydrogen) atoms. The molecule has 102 valence electrons. The molecule has 0 saturated carbocycles. The smallest absolute Gasteiger partial charge is 0.181 e. The van der Waals surface area contributed by atoms with Crippen LogP contribution in [0.25, 0.3) is 0 Å². The average Bonchev–Trinajstić information content (AvgIpc) is 2.87. The minimum atomic E-state index is 0.897. The number of thioether (sulfide) groups is 1. The average molecular weight is 313 g/mol. The van der Waals surface area contributed by atoms with Crippen molar-refractivity contribution in [3.63, 3.8) is 0 Å².